The summed E-state index contributed by atoms with van der Waals surface area (Å²) in [6.45, 7) is 3.93. The summed E-state index contributed by atoms with van der Waals surface area (Å²) in [7, 11) is 3.18. The van der Waals surface area contributed by atoms with E-state index in [2.05, 4.69) is 28.0 Å². The minimum atomic E-state index is -1.57. The summed E-state index contributed by atoms with van der Waals surface area (Å²) in [6, 6.07) is 0.849. The van der Waals surface area contributed by atoms with Crippen LogP contribution in [0.5, 0.6) is 0 Å². The summed E-state index contributed by atoms with van der Waals surface area (Å²) >= 11 is 0. The van der Waals surface area contributed by atoms with Gasteiger partial charge in [0.05, 0.1) is 7.11 Å². The fourth-order valence-corrected chi connectivity index (χ4v) is 4.80. The topological polar surface area (TPSA) is 114 Å². The number of rotatable bonds is 10. The number of hydrogen-bond acceptors (Lipinski definition) is 6. The van der Waals surface area contributed by atoms with Gasteiger partial charge in [0, 0.05) is 32.2 Å². The zero-order chi connectivity index (χ0) is 24.2. The third-order valence-electron chi connectivity index (χ3n) is 6.72. The molecule has 0 saturated heterocycles. The Balaban J connectivity index is 1.76. The molecule has 3 rings (SSSR count). The van der Waals surface area contributed by atoms with Gasteiger partial charge in [0.1, 0.15) is 17.8 Å². The van der Waals surface area contributed by atoms with E-state index in [0.717, 1.165) is 25.7 Å². The number of amides is 2. The summed E-state index contributed by atoms with van der Waals surface area (Å²) in [5.74, 6) is -1.62. The number of allylic oxidation sites excluding steroid dienone is 1. The number of carbonyl (C=O) groups excluding carboxylic acids is 3. The van der Waals surface area contributed by atoms with Crippen molar-refractivity contribution in [1.82, 2.24) is 20.4 Å². The lowest BCUT2D eigenvalue weighted by Gasteiger charge is -2.43. The molecular formula is C23H34FN5O4. The molecule has 0 unspecified atom stereocenters. The molecule has 0 radical (unpaired) electrons. The Morgan fingerprint density at radius 2 is 2.00 bits per heavy atom. The first-order chi connectivity index (χ1) is 15.6. The molecule has 2 amide bonds. The molecule has 9 nitrogen and oxygen atoms in total. The van der Waals surface area contributed by atoms with Gasteiger partial charge in [0.2, 0.25) is 11.7 Å². The molecule has 1 atom stereocenters. The molecule has 2 aliphatic rings. The van der Waals surface area contributed by atoms with Crippen molar-refractivity contribution in [2.75, 3.05) is 12.4 Å². The van der Waals surface area contributed by atoms with E-state index in [1.165, 1.54) is 11.8 Å². The Morgan fingerprint density at radius 1 is 1.33 bits per heavy atom. The van der Waals surface area contributed by atoms with Crippen LogP contribution in [0, 0.1) is 5.41 Å². The number of alkyl halides is 1. The second-order valence-corrected chi connectivity index (χ2v) is 9.51. The number of halogens is 1. The van der Waals surface area contributed by atoms with Crippen LogP contribution in [0.1, 0.15) is 58.8 Å². The van der Waals surface area contributed by atoms with Crippen molar-refractivity contribution < 1.29 is 23.5 Å². The van der Waals surface area contributed by atoms with Gasteiger partial charge in [-0.15, -0.1) is 0 Å². The lowest BCUT2D eigenvalue weighted by molar-refractivity contribution is -0.146. The number of ketones is 1. The number of nitrogens with one attached hydrogen (secondary N) is 3. The Labute approximate surface area is 193 Å². The van der Waals surface area contributed by atoms with Crippen molar-refractivity contribution in [2.45, 2.75) is 76.5 Å². The van der Waals surface area contributed by atoms with Gasteiger partial charge in [-0.1, -0.05) is 19.8 Å². The fraction of sp³-hybridized carbons (Fsp3) is 0.652. The number of methoxy groups -OCH3 is 1. The summed E-state index contributed by atoms with van der Waals surface area (Å²) in [5.41, 5.74) is -1.60. The standard InChI is InChI=1S/C23H34FN5O4/c1-5-18(33-4)25-16(14-22(2)9-6-7-10-22)20(31)27-23(12-15(24)13-23)19(30)21(32)26-17-8-11-29(3)28-17/h5,8,11,15-16,25H,6-7,9-10,12-14H2,1-4H3,(H,27,31)(H,26,28,32)/t15?,16-,23?/m0/s1. The highest BCUT2D eigenvalue weighted by atomic mass is 19.1. The van der Waals surface area contributed by atoms with E-state index in [0.29, 0.717) is 12.3 Å². The van der Waals surface area contributed by atoms with E-state index < -0.39 is 35.4 Å². The minimum Gasteiger partial charge on any atom is -0.483 e. The van der Waals surface area contributed by atoms with Crippen molar-refractivity contribution in [3.8, 4) is 0 Å². The Hall–Kier alpha value is -2.91. The van der Waals surface area contributed by atoms with Gasteiger partial charge in [-0.25, -0.2) is 4.39 Å². The number of anilines is 1. The molecular weight excluding hydrogens is 429 g/mol. The summed E-state index contributed by atoms with van der Waals surface area (Å²) < 4.78 is 20.7. The van der Waals surface area contributed by atoms with Crippen molar-refractivity contribution >= 4 is 23.4 Å². The largest absolute Gasteiger partial charge is 0.483 e. The number of aromatic nitrogens is 2. The van der Waals surface area contributed by atoms with Crippen LogP contribution < -0.4 is 16.0 Å². The highest BCUT2D eigenvalue weighted by Crippen LogP contribution is 2.42. The second-order valence-electron chi connectivity index (χ2n) is 9.51. The van der Waals surface area contributed by atoms with Crippen molar-refractivity contribution in [1.29, 1.82) is 0 Å². The molecule has 1 heterocycles. The maximum atomic E-state index is 13.9. The van der Waals surface area contributed by atoms with E-state index in [4.69, 9.17) is 4.74 Å². The molecule has 3 N–H and O–H groups in total. The normalized spacial score (nSPS) is 25.0. The van der Waals surface area contributed by atoms with Crippen molar-refractivity contribution in [3.05, 3.63) is 24.2 Å². The Morgan fingerprint density at radius 3 is 2.52 bits per heavy atom. The summed E-state index contributed by atoms with van der Waals surface area (Å²) in [6.07, 6.45) is 6.32. The zero-order valence-corrected chi connectivity index (χ0v) is 19.7. The summed E-state index contributed by atoms with van der Waals surface area (Å²) in [4.78, 5) is 39.0. The van der Waals surface area contributed by atoms with Crippen LogP contribution in [-0.4, -0.2) is 52.2 Å². The highest BCUT2D eigenvalue weighted by Gasteiger charge is 2.54. The van der Waals surface area contributed by atoms with E-state index >= 15 is 0 Å². The lowest BCUT2D eigenvalue weighted by Crippen LogP contribution is -2.67. The highest BCUT2D eigenvalue weighted by molar-refractivity contribution is 6.44. The van der Waals surface area contributed by atoms with Gasteiger partial charge in [0.15, 0.2) is 11.7 Å². The third-order valence-corrected chi connectivity index (χ3v) is 6.72. The number of aryl methyl sites for hydroxylation is 1. The average Bonchev–Trinajstić information content (AvgIpc) is 3.36. The number of nitrogens with zero attached hydrogens (tertiary/aromatic N) is 2. The first kappa shape index (κ1) is 24.7. The van der Waals surface area contributed by atoms with Crippen LogP contribution in [0.4, 0.5) is 10.2 Å². The maximum Gasteiger partial charge on any atom is 0.295 e. The maximum absolute atomic E-state index is 13.9. The predicted octanol–water partition coefficient (Wildman–Crippen LogP) is 2.35. The molecule has 0 aliphatic heterocycles. The molecule has 10 heteroatoms. The van der Waals surface area contributed by atoms with E-state index in [1.54, 1.807) is 32.3 Å². The zero-order valence-electron chi connectivity index (χ0n) is 19.7. The van der Waals surface area contributed by atoms with Crippen LogP contribution >= 0.6 is 0 Å². The molecule has 1 aromatic heterocycles. The SMILES string of the molecule is CC=C(N[C@@H](CC1(C)CCCC1)C(=O)NC1(C(=O)C(=O)Nc2ccn(C)n2)CC(F)C1)OC. The Bertz CT molecular complexity index is 916. The van der Waals surface area contributed by atoms with Crippen LogP contribution in [0.15, 0.2) is 24.2 Å². The number of ether oxygens (including phenoxy) is 1. The van der Waals surface area contributed by atoms with Gasteiger partial charge in [-0.3, -0.25) is 19.1 Å². The lowest BCUT2D eigenvalue weighted by atomic mass is 9.71. The molecule has 33 heavy (non-hydrogen) atoms. The first-order valence-corrected chi connectivity index (χ1v) is 11.4. The van der Waals surface area contributed by atoms with Crippen LogP contribution in [0.3, 0.4) is 0 Å². The molecule has 182 valence electrons. The van der Waals surface area contributed by atoms with Crippen LogP contribution in [0.25, 0.3) is 0 Å². The molecule has 2 fully saturated rings. The number of carbonyl (C=O) groups is 3. The van der Waals surface area contributed by atoms with E-state index in [1.807, 2.05) is 0 Å². The third kappa shape index (κ3) is 5.72. The smallest absolute Gasteiger partial charge is 0.295 e. The van der Waals surface area contributed by atoms with Gasteiger partial charge in [-0.05, 0) is 37.7 Å². The van der Waals surface area contributed by atoms with Gasteiger partial charge in [0.25, 0.3) is 5.91 Å². The predicted molar refractivity (Wildman–Crippen MR) is 121 cm³/mol. The van der Waals surface area contributed by atoms with E-state index in [9.17, 15) is 18.8 Å². The second kappa shape index (κ2) is 9.93. The molecule has 0 bridgehead atoms. The quantitative estimate of drug-likeness (QED) is 0.363. The number of hydrogen-bond donors (Lipinski definition) is 3. The molecule has 0 spiro atoms. The summed E-state index contributed by atoms with van der Waals surface area (Å²) in [5, 5.41) is 12.3. The molecule has 0 aromatic carbocycles. The first-order valence-electron chi connectivity index (χ1n) is 11.4. The van der Waals surface area contributed by atoms with Gasteiger partial charge in [-0.2, -0.15) is 5.10 Å². The van der Waals surface area contributed by atoms with Crippen LogP contribution in [-0.2, 0) is 26.2 Å². The van der Waals surface area contributed by atoms with E-state index in [-0.39, 0.29) is 24.1 Å². The minimum absolute atomic E-state index is 0.0304. The Kier molecular flexibility index (Phi) is 7.44. The fourth-order valence-electron chi connectivity index (χ4n) is 4.80. The molecule has 2 aliphatic carbocycles. The number of Topliss-reactive ketones (excluding diaryl/α,β-unsaturated/α-hetero) is 1. The van der Waals surface area contributed by atoms with Crippen molar-refractivity contribution in [2.24, 2.45) is 12.5 Å². The molecule has 2 saturated carbocycles. The average molecular weight is 464 g/mol. The monoisotopic (exact) mass is 463 g/mol. The van der Waals surface area contributed by atoms with Gasteiger partial charge >= 0.3 is 0 Å². The molecule has 1 aromatic rings. The van der Waals surface area contributed by atoms with Crippen LogP contribution in [0.2, 0.25) is 0 Å². The van der Waals surface area contributed by atoms with Gasteiger partial charge < -0.3 is 20.7 Å². The van der Waals surface area contributed by atoms with Crippen molar-refractivity contribution in [3.63, 3.8) is 0 Å².